The van der Waals surface area contributed by atoms with Gasteiger partial charge in [0.1, 0.15) is 17.2 Å². The number of carbonyl (C=O) groups is 2. The Hall–Kier alpha value is -2.96. The van der Waals surface area contributed by atoms with Gasteiger partial charge in [0.2, 0.25) is 10.0 Å². The number of hydrogen-bond donors (Lipinski definition) is 0. The van der Waals surface area contributed by atoms with E-state index in [-0.39, 0.29) is 29.1 Å². The number of piperazine rings is 1. The number of rotatable bonds is 5. The van der Waals surface area contributed by atoms with Crippen molar-refractivity contribution < 1.29 is 31.5 Å². The molecule has 13 heteroatoms. The number of hydrogen-bond acceptors (Lipinski definition) is 5. The number of ether oxygens (including phenoxy) is 1. The van der Waals surface area contributed by atoms with Gasteiger partial charge in [0, 0.05) is 61.9 Å². The molecule has 0 radical (unpaired) electrons. The molecule has 2 aromatic rings. The van der Waals surface area contributed by atoms with Gasteiger partial charge in [-0.25, -0.2) is 26.8 Å². The van der Waals surface area contributed by atoms with Crippen molar-refractivity contribution in [3.05, 3.63) is 64.7 Å². The maximum atomic E-state index is 14.7. The van der Waals surface area contributed by atoms with Crippen molar-refractivity contribution in [1.82, 2.24) is 19.0 Å². The second-order valence-electron chi connectivity index (χ2n) is 11.7. The van der Waals surface area contributed by atoms with Gasteiger partial charge in [-0.1, -0.05) is 11.6 Å². The van der Waals surface area contributed by atoms with E-state index < -0.39 is 45.9 Å². The molecule has 0 spiro atoms. The number of piperidine rings is 1. The highest BCUT2D eigenvalue weighted by Gasteiger charge is 2.39. The highest BCUT2D eigenvalue weighted by Crippen LogP contribution is 2.29. The molecule has 42 heavy (non-hydrogen) atoms. The standard InChI is InChI=1S/C29H37ClF2N4O5S/c1-20-17-34(28(38)41-29(2,3)4)14-15-35(20)27(37)33-13-5-6-24(19-33)36(18-21-16-23(31)9-12-26(21)32)42(39,40)25-10-7-22(30)8-11-25/h7-12,16,20,24H,5-6,13-15,17-19H2,1-4H3/t20-,24-/m0/s1. The Morgan fingerprint density at radius 2 is 1.71 bits per heavy atom. The molecule has 0 aromatic heterocycles. The minimum absolute atomic E-state index is 0.0425. The van der Waals surface area contributed by atoms with Gasteiger partial charge < -0.3 is 19.4 Å². The van der Waals surface area contributed by atoms with Crippen LogP contribution in [0.3, 0.4) is 0 Å². The van der Waals surface area contributed by atoms with Gasteiger partial charge in [-0.05, 0) is 83.0 Å². The lowest BCUT2D eigenvalue weighted by atomic mass is 10.0. The number of benzene rings is 2. The van der Waals surface area contributed by atoms with E-state index >= 15 is 0 Å². The van der Waals surface area contributed by atoms with Crippen LogP contribution in [-0.4, -0.2) is 90.0 Å². The Morgan fingerprint density at radius 3 is 2.36 bits per heavy atom. The van der Waals surface area contributed by atoms with E-state index in [1.165, 1.54) is 24.3 Å². The first kappa shape index (κ1) is 32.0. The van der Waals surface area contributed by atoms with Gasteiger partial charge >= 0.3 is 12.1 Å². The SMILES string of the molecule is C[C@H]1CN(C(=O)OC(C)(C)C)CCN1C(=O)N1CCC[C@H](N(Cc2cc(F)ccc2F)S(=O)(=O)c2ccc(Cl)cc2)C1. The van der Waals surface area contributed by atoms with Crippen molar-refractivity contribution in [2.45, 2.75) is 69.7 Å². The van der Waals surface area contributed by atoms with Gasteiger partial charge in [-0.3, -0.25) is 0 Å². The number of amides is 3. The summed E-state index contributed by atoms with van der Waals surface area (Å²) in [5.74, 6) is -1.41. The van der Waals surface area contributed by atoms with Crippen molar-refractivity contribution in [2.75, 3.05) is 32.7 Å². The van der Waals surface area contributed by atoms with E-state index in [4.69, 9.17) is 16.3 Å². The normalized spacial score (nSPS) is 20.1. The van der Waals surface area contributed by atoms with Crippen LogP contribution in [0.25, 0.3) is 0 Å². The minimum atomic E-state index is -4.19. The van der Waals surface area contributed by atoms with Crippen LogP contribution in [-0.2, 0) is 21.3 Å². The van der Waals surface area contributed by atoms with Crippen LogP contribution in [0.1, 0.15) is 46.1 Å². The zero-order chi connectivity index (χ0) is 30.8. The van der Waals surface area contributed by atoms with Crippen molar-refractivity contribution in [3.63, 3.8) is 0 Å². The molecule has 2 saturated heterocycles. The molecule has 3 amide bonds. The molecule has 2 aliphatic rings. The lowest BCUT2D eigenvalue weighted by molar-refractivity contribution is 0.00748. The molecule has 4 rings (SSSR count). The third kappa shape index (κ3) is 7.51. The predicted octanol–water partition coefficient (Wildman–Crippen LogP) is 5.33. The fourth-order valence-corrected chi connectivity index (χ4v) is 7.01. The lowest BCUT2D eigenvalue weighted by Crippen LogP contribution is -2.61. The Balaban J connectivity index is 1.54. The van der Waals surface area contributed by atoms with Crippen LogP contribution in [0.15, 0.2) is 47.4 Å². The third-order valence-electron chi connectivity index (χ3n) is 7.35. The number of urea groups is 1. The summed E-state index contributed by atoms with van der Waals surface area (Å²) in [7, 11) is -4.19. The van der Waals surface area contributed by atoms with E-state index in [2.05, 4.69) is 0 Å². The molecule has 9 nitrogen and oxygen atoms in total. The smallest absolute Gasteiger partial charge is 0.410 e. The van der Waals surface area contributed by atoms with Gasteiger partial charge in [0.05, 0.1) is 4.90 Å². The average Bonchev–Trinajstić information content (AvgIpc) is 2.92. The maximum absolute atomic E-state index is 14.7. The molecular weight excluding hydrogens is 590 g/mol. The van der Waals surface area contributed by atoms with Crippen molar-refractivity contribution in [1.29, 1.82) is 0 Å². The van der Waals surface area contributed by atoms with Gasteiger partial charge in [-0.15, -0.1) is 0 Å². The van der Waals surface area contributed by atoms with E-state index in [1.54, 1.807) is 35.5 Å². The summed E-state index contributed by atoms with van der Waals surface area (Å²) in [5.41, 5.74) is -0.745. The largest absolute Gasteiger partial charge is 0.444 e. The van der Waals surface area contributed by atoms with Crippen LogP contribution in [0.5, 0.6) is 0 Å². The first-order valence-electron chi connectivity index (χ1n) is 13.9. The molecular formula is C29H37ClF2N4O5S. The first-order chi connectivity index (χ1) is 19.7. The van der Waals surface area contributed by atoms with Gasteiger partial charge in [0.25, 0.3) is 0 Å². The molecule has 0 unspecified atom stereocenters. The number of carbonyl (C=O) groups excluding carboxylic acids is 2. The molecule has 0 saturated carbocycles. The summed E-state index contributed by atoms with van der Waals surface area (Å²) in [6, 6.07) is 7.30. The highest BCUT2D eigenvalue weighted by molar-refractivity contribution is 7.89. The van der Waals surface area contributed by atoms with Gasteiger partial charge in [0.15, 0.2) is 0 Å². The molecule has 2 aliphatic heterocycles. The first-order valence-corrected chi connectivity index (χ1v) is 15.7. The van der Waals surface area contributed by atoms with E-state index in [9.17, 15) is 26.8 Å². The Bertz CT molecular complexity index is 1400. The highest BCUT2D eigenvalue weighted by atomic mass is 35.5. The van der Waals surface area contributed by atoms with Crippen LogP contribution in [0.4, 0.5) is 18.4 Å². The van der Waals surface area contributed by atoms with Crippen LogP contribution >= 0.6 is 11.6 Å². The quantitative estimate of drug-likeness (QED) is 0.447. The average molecular weight is 627 g/mol. The number of sulfonamides is 1. The zero-order valence-corrected chi connectivity index (χ0v) is 25.8. The summed E-state index contributed by atoms with van der Waals surface area (Å²) in [5, 5.41) is 0.354. The molecule has 230 valence electrons. The molecule has 2 heterocycles. The van der Waals surface area contributed by atoms with Crippen molar-refractivity contribution in [2.24, 2.45) is 0 Å². The molecule has 2 aromatic carbocycles. The third-order valence-corrected chi connectivity index (χ3v) is 9.52. The predicted molar refractivity (Wildman–Crippen MR) is 155 cm³/mol. The number of nitrogens with zero attached hydrogens (tertiary/aromatic N) is 4. The molecule has 0 bridgehead atoms. The summed E-state index contributed by atoms with van der Waals surface area (Å²) < 4.78 is 63.1. The topological polar surface area (TPSA) is 90.5 Å². The van der Waals surface area contributed by atoms with Crippen LogP contribution in [0, 0.1) is 11.6 Å². The molecule has 0 N–H and O–H groups in total. The zero-order valence-electron chi connectivity index (χ0n) is 24.2. The Morgan fingerprint density at radius 1 is 1.02 bits per heavy atom. The summed E-state index contributed by atoms with van der Waals surface area (Å²) in [6.45, 7) is 8.19. The Kier molecular flexibility index (Phi) is 9.68. The number of halogens is 3. The monoisotopic (exact) mass is 626 g/mol. The fraction of sp³-hybridized carbons (Fsp3) is 0.517. The maximum Gasteiger partial charge on any atom is 0.410 e. The Labute approximate surface area is 251 Å². The number of likely N-dealkylation sites (tertiary alicyclic amines) is 1. The second kappa shape index (κ2) is 12.7. The van der Waals surface area contributed by atoms with E-state index in [1.807, 2.05) is 6.92 Å². The summed E-state index contributed by atoms with van der Waals surface area (Å²) >= 11 is 5.97. The van der Waals surface area contributed by atoms with Gasteiger partial charge in [-0.2, -0.15) is 4.31 Å². The lowest BCUT2D eigenvalue weighted by Gasteiger charge is -2.44. The van der Waals surface area contributed by atoms with Crippen LogP contribution < -0.4 is 0 Å². The summed E-state index contributed by atoms with van der Waals surface area (Å²) in [6.07, 6.45) is 0.503. The van der Waals surface area contributed by atoms with E-state index in [0.29, 0.717) is 44.0 Å². The van der Waals surface area contributed by atoms with E-state index in [0.717, 1.165) is 22.5 Å². The van der Waals surface area contributed by atoms with Crippen molar-refractivity contribution >= 4 is 33.7 Å². The van der Waals surface area contributed by atoms with Crippen LogP contribution in [0.2, 0.25) is 5.02 Å². The van der Waals surface area contributed by atoms with Crippen molar-refractivity contribution in [3.8, 4) is 0 Å². The molecule has 2 atom stereocenters. The molecule has 2 fully saturated rings. The summed E-state index contributed by atoms with van der Waals surface area (Å²) in [4.78, 5) is 31.0. The fourth-order valence-electron chi connectivity index (χ4n) is 5.26. The second-order valence-corrected chi connectivity index (χ2v) is 14.1. The molecule has 0 aliphatic carbocycles. The minimum Gasteiger partial charge on any atom is -0.444 e.